The molecule has 1 aromatic rings. The molecule has 0 aromatic carbocycles. The highest BCUT2D eigenvalue weighted by atomic mass is 15.4. The maximum absolute atomic E-state index is 3.65. The average Bonchev–Trinajstić information content (AvgIpc) is 2.52. The van der Waals surface area contributed by atoms with Crippen molar-refractivity contribution >= 4 is 0 Å². The van der Waals surface area contributed by atoms with Crippen LogP contribution in [-0.4, -0.2) is 10.7 Å². The monoisotopic (exact) mass is 220 g/mol. The molecule has 2 nitrogen and oxygen atoms in total. The second-order valence-corrected chi connectivity index (χ2v) is 6.02. The van der Waals surface area contributed by atoms with Crippen molar-refractivity contribution in [3.05, 3.63) is 23.5 Å². The first-order chi connectivity index (χ1) is 7.48. The molecule has 90 valence electrons. The van der Waals surface area contributed by atoms with E-state index in [1.807, 2.05) is 0 Å². The van der Waals surface area contributed by atoms with Gasteiger partial charge in [-0.3, -0.25) is 4.68 Å². The Balaban J connectivity index is 1.97. The Bertz CT molecular complexity index is 333. The highest BCUT2D eigenvalue weighted by Crippen LogP contribution is 2.35. The first-order valence-corrected chi connectivity index (χ1v) is 6.39. The van der Waals surface area contributed by atoms with Crippen LogP contribution in [0.25, 0.3) is 0 Å². The normalized spacial score (nSPS) is 21.0. The van der Waals surface area contributed by atoms with E-state index in [4.69, 9.17) is 0 Å². The summed E-state index contributed by atoms with van der Waals surface area (Å²) < 4.78 is 2.24. The molecule has 1 aliphatic carbocycles. The molecular formula is C14H24N2. The molecule has 1 fully saturated rings. The number of hydrogen-bond donors (Lipinski definition) is 1. The molecular weight excluding hydrogens is 196 g/mol. The fraction of sp³-hybridized carbons (Fsp3) is 0.714. The van der Waals surface area contributed by atoms with Gasteiger partial charge in [0, 0.05) is 17.4 Å². The Morgan fingerprint density at radius 1 is 1.12 bits per heavy atom. The van der Waals surface area contributed by atoms with Gasteiger partial charge in [-0.2, -0.15) is 0 Å². The van der Waals surface area contributed by atoms with E-state index in [9.17, 15) is 0 Å². The van der Waals surface area contributed by atoms with Crippen LogP contribution in [-0.2, 0) is 0 Å². The third kappa shape index (κ3) is 2.42. The fourth-order valence-electron chi connectivity index (χ4n) is 2.58. The lowest BCUT2D eigenvalue weighted by molar-refractivity contribution is 0.227. The molecule has 0 bridgehead atoms. The number of aromatic nitrogens is 1. The molecule has 1 N–H and O–H groups in total. The van der Waals surface area contributed by atoms with Crippen LogP contribution in [0.3, 0.4) is 0 Å². The quantitative estimate of drug-likeness (QED) is 0.805. The Morgan fingerprint density at radius 2 is 1.62 bits per heavy atom. The van der Waals surface area contributed by atoms with Crippen molar-refractivity contribution in [2.24, 2.45) is 5.41 Å². The Labute approximate surface area is 99.0 Å². The Kier molecular flexibility index (Phi) is 3.00. The van der Waals surface area contributed by atoms with Crippen molar-refractivity contribution in [1.82, 2.24) is 4.68 Å². The largest absolute Gasteiger partial charge is 0.323 e. The molecule has 0 saturated heterocycles. The second-order valence-electron chi connectivity index (χ2n) is 6.02. The second kappa shape index (κ2) is 4.15. The molecule has 0 amide bonds. The third-order valence-electron chi connectivity index (χ3n) is 3.92. The molecule has 0 aliphatic heterocycles. The summed E-state index contributed by atoms with van der Waals surface area (Å²) in [5.41, 5.74) is 6.82. The fourth-order valence-corrected chi connectivity index (χ4v) is 2.58. The smallest absolute Gasteiger partial charge is 0.0424 e. The van der Waals surface area contributed by atoms with Gasteiger partial charge >= 0.3 is 0 Å². The van der Waals surface area contributed by atoms with Crippen molar-refractivity contribution in [3.63, 3.8) is 0 Å². The van der Waals surface area contributed by atoms with Crippen molar-refractivity contribution < 1.29 is 0 Å². The first-order valence-electron chi connectivity index (χ1n) is 6.39. The zero-order chi connectivity index (χ0) is 11.8. The number of hydrogen-bond acceptors (Lipinski definition) is 1. The number of rotatable bonds is 2. The van der Waals surface area contributed by atoms with Crippen molar-refractivity contribution in [2.45, 2.75) is 59.4 Å². The third-order valence-corrected chi connectivity index (χ3v) is 3.92. The van der Waals surface area contributed by atoms with E-state index in [1.165, 1.54) is 37.1 Å². The molecule has 1 aromatic heterocycles. The van der Waals surface area contributed by atoms with Gasteiger partial charge in [0.25, 0.3) is 0 Å². The number of aryl methyl sites for hydroxylation is 2. The summed E-state index contributed by atoms with van der Waals surface area (Å²) in [6.45, 7) is 9.09. The van der Waals surface area contributed by atoms with E-state index in [1.54, 1.807) is 0 Å². The summed E-state index contributed by atoms with van der Waals surface area (Å²) in [4.78, 5) is 0. The van der Waals surface area contributed by atoms with Gasteiger partial charge in [0.1, 0.15) is 0 Å². The van der Waals surface area contributed by atoms with Crippen LogP contribution in [0, 0.1) is 19.3 Å². The van der Waals surface area contributed by atoms with Crippen LogP contribution in [0.4, 0.5) is 0 Å². The van der Waals surface area contributed by atoms with Gasteiger partial charge in [-0.25, -0.2) is 0 Å². The van der Waals surface area contributed by atoms with E-state index < -0.39 is 0 Å². The van der Waals surface area contributed by atoms with Crippen molar-refractivity contribution in [2.75, 3.05) is 5.43 Å². The van der Waals surface area contributed by atoms with Crippen molar-refractivity contribution in [3.8, 4) is 0 Å². The summed E-state index contributed by atoms with van der Waals surface area (Å²) in [6.07, 6.45) is 5.27. The predicted molar refractivity (Wildman–Crippen MR) is 69.3 cm³/mol. The topological polar surface area (TPSA) is 17.0 Å². The van der Waals surface area contributed by atoms with E-state index in [0.29, 0.717) is 11.5 Å². The van der Waals surface area contributed by atoms with Crippen LogP contribution in [0.2, 0.25) is 0 Å². The lowest BCUT2D eigenvalue weighted by Gasteiger charge is -2.35. The van der Waals surface area contributed by atoms with Crippen LogP contribution in [0.1, 0.15) is 50.9 Å². The van der Waals surface area contributed by atoms with Gasteiger partial charge in [-0.15, -0.1) is 0 Å². The minimum Gasteiger partial charge on any atom is -0.323 e. The molecule has 1 saturated carbocycles. The zero-order valence-corrected chi connectivity index (χ0v) is 11.0. The minimum atomic E-state index is 0.555. The molecule has 0 atom stereocenters. The average molecular weight is 220 g/mol. The summed E-state index contributed by atoms with van der Waals surface area (Å²) in [5.74, 6) is 0. The van der Waals surface area contributed by atoms with Crippen LogP contribution >= 0.6 is 0 Å². The number of nitrogens with one attached hydrogen (secondary N) is 1. The molecule has 2 heteroatoms. The minimum absolute atomic E-state index is 0.555. The predicted octanol–water partition coefficient (Wildman–Crippen LogP) is 3.62. The number of nitrogens with zero attached hydrogens (tertiary/aromatic N) is 1. The van der Waals surface area contributed by atoms with E-state index in [2.05, 4.69) is 49.9 Å². The molecule has 2 rings (SSSR count). The molecule has 0 radical (unpaired) electrons. The first kappa shape index (κ1) is 11.6. The SMILES string of the molecule is Cc1ccc(C)n1NC1CCC(C)(C)CC1. The maximum atomic E-state index is 3.65. The molecule has 0 spiro atoms. The maximum Gasteiger partial charge on any atom is 0.0424 e. The van der Waals surface area contributed by atoms with Crippen LogP contribution in [0.5, 0.6) is 0 Å². The van der Waals surface area contributed by atoms with Gasteiger partial charge in [-0.05, 0) is 57.1 Å². The highest BCUT2D eigenvalue weighted by molar-refractivity contribution is 5.16. The summed E-state index contributed by atoms with van der Waals surface area (Å²) in [5, 5.41) is 0. The van der Waals surface area contributed by atoms with E-state index >= 15 is 0 Å². The highest BCUT2D eigenvalue weighted by Gasteiger charge is 2.26. The van der Waals surface area contributed by atoms with Gasteiger partial charge < -0.3 is 5.43 Å². The van der Waals surface area contributed by atoms with E-state index in [0.717, 1.165) is 0 Å². The molecule has 16 heavy (non-hydrogen) atoms. The van der Waals surface area contributed by atoms with Gasteiger partial charge in [0.15, 0.2) is 0 Å². The Morgan fingerprint density at radius 3 is 2.12 bits per heavy atom. The van der Waals surface area contributed by atoms with Gasteiger partial charge in [0.05, 0.1) is 0 Å². The van der Waals surface area contributed by atoms with E-state index in [-0.39, 0.29) is 0 Å². The summed E-state index contributed by atoms with van der Waals surface area (Å²) in [7, 11) is 0. The molecule has 1 heterocycles. The summed E-state index contributed by atoms with van der Waals surface area (Å²) >= 11 is 0. The Hall–Kier alpha value is -0.920. The molecule has 0 unspecified atom stereocenters. The van der Waals surface area contributed by atoms with Gasteiger partial charge in [-0.1, -0.05) is 13.8 Å². The lowest BCUT2D eigenvalue weighted by atomic mass is 9.76. The van der Waals surface area contributed by atoms with Gasteiger partial charge in [0.2, 0.25) is 0 Å². The van der Waals surface area contributed by atoms with Crippen molar-refractivity contribution in [1.29, 1.82) is 0 Å². The molecule has 1 aliphatic rings. The standard InChI is InChI=1S/C14H24N2/c1-11-5-6-12(2)16(11)15-13-7-9-14(3,4)10-8-13/h5-6,13,15H,7-10H2,1-4H3. The lowest BCUT2D eigenvalue weighted by Crippen LogP contribution is -2.35. The zero-order valence-electron chi connectivity index (χ0n) is 11.0. The van der Waals surface area contributed by atoms with Crippen LogP contribution < -0.4 is 5.43 Å². The van der Waals surface area contributed by atoms with Crippen LogP contribution in [0.15, 0.2) is 12.1 Å². The summed E-state index contributed by atoms with van der Waals surface area (Å²) in [6, 6.07) is 5.00.